The van der Waals surface area contributed by atoms with Gasteiger partial charge in [-0.2, -0.15) is 0 Å². The summed E-state index contributed by atoms with van der Waals surface area (Å²) >= 11 is 0. The number of benzene rings is 1. The Morgan fingerprint density at radius 1 is 1.48 bits per heavy atom. The fraction of sp³-hybridized carbons (Fsp3) is 0.533. The molecule has 6 nitrogen and oxygen atoms in total. The molecular formula is C15H22N2O4. The third-order valence-electron chi connectivity index (χ3n) is 3.58. The molecule has 1 saturated heterocycles. The van der Waals surface area contributed by atoms with Crippen molar-refractivity contribution in [1.29, 1.82) is 0 Å². The van der Waals surface area contributed by atoms with Gasteiger partial charge in [0, 0.05) is 31.3 Å². The van der Waals surface area contributed by atoms with Crippen molar-refractivity contribution in [3.63, 3.8) is 0 Å². The van der Waals surface area contributed by atoms with Crippen LogP contribution in [0.1, 0.15) is 12.5 Å². The minimum atomic E-state index is -0.301. The maximum absolute atomic E-state index is 12.2. The Kier molecular flexibility index (Phi) is 5.41. The third-order valence-corrected chi connectivity index (χ3v) is 3.58. The topological polar surface area (TPSA) is 71.0 Å². The van der Waals surface area contributed by atoms with Crippen molar-refractivity contribution in [3.8, 4) is 11.5 Å². The summed E-state index contributed by atoms with van der Waals surface area (Å²) < 4.78 is 10.3. The molecule has 0 aromatic heterocycles. The van der Waals surface area contributed by atoms with E-state index in [1.807, 2.05) is 6.92 Å². The SMILES string of the molecule is COc1ccc(CNC(C)C(=O)N2CCOCC2)c(O)c1. The number of morpholine rings is 1. The van der Waals surface area contributed by atoms with Gasteiger partial charge >= 0.3 is 0 Å². The van der Waals surface area contributed by atoms with Crippen LogP contribution >= 0.6 is 0 Å². The molecule has 0 bridgehead atoms. The van der Waals surface area contributed by atoms with Gasteiger partial charge in [-0.1, -0.05) is 6.07 Å². The molecule has 21 heavy (non-hydrogen) atoms. The normalized spacial score (nSPS) is 16.6. The first kappa shape index (κ1) is 15.6. The lowest BCUT2D eigenvalue weighted by Gasteiger charge is -2.29. The number of methoxy groups -OCH3 is 1. The van der Waals surface area contributed by atoms with Crippen molar-refractivity contribution in [1.82, 2.24) is 10.2 Å². The zero-order valence-corrected chi connectivity index (χ0v) is 12.5. The number of rotatable bonds is 5. The summed E-state index contributed by atoms with van der Waals surface area (Å²) in [5.41, 5.74) is 0.734. The van der Waals surface area contributed by atoms with Crippen molar-refractivity contribution >= 4 is 5.91 Å². The van der Waals surface area contributed by atoms with Crippen LogP contribution in [0.2, 0.25) is 0 Å². The van der Waals surface area contributed by atoms with E-state index in [0.717, 1.165) is 5.56 Å². The Morgan fingerprint density at radius 3 is 2.81 bits per heavy atom. The van der Waals surface area contributed by atoms with Gasteiger partial charge in [-0.25, -0.2) is 0 Å². The van der Waals surface area contributed by atoms with Gasteiger partial charge in [0.2, 0.25) is 5.91 Å². The van der Waals surface area contributed by atoms with Crippen LogP contribution in [-0.4, -0.2) is 55.4 Å². The molecule has 1 amide bonds. The molecule has 1 aromatic rings. The molecule has 1 unspecified atom stereocenters. The van der Waals surface area contributed by atoms with E-state index < -0.39 is 0 Å². The summed E-state index contributed by atoms with van der Waals surface area (Å²) in [6.45, 7) is 4.72. The van der Waals surface area contributed by atoms with E-state index in [1.54, 1.807) is 30.2 Å². The Morgan fingerprint density at radius 2 is 2.19 bits per heavy atom. The van der Waals surface area contributed by atoms with Crippen LogP contribution < -0.4 is 10.1 Å². The molecule has 0 aliphatic carbocycles. The second-order valence-corrected chi connectivity index (χ2v) is 5.03. The standard InChI is InChI=1S/C15H22N2O4/c1-11(15(19)17-5-7-21-8-6-17)16-10-12-3-4-13(20-2)9-14(12)18/h3-4,9,11,16,18H,5-8,10H2,1-2H3. The van der Waals surface area contributed by atoms with Gasteiger partial charge in [-0.05, 0) is 13.0 Å². The Bertz CT molecular complexity index is 487. The minimum Gasteiger partial charge on any atom is -0.507 e. The van der Waals surface area contributed by atoms with Crippen molar-refractivity contribution in [2.24, 2.45) is 0 Å². The number of carbonyl (C=O) groups is 1. The molecule has 1 aliphatic heterocycles. The number of hydrogen-bond acceptors (Lipinski definition) is 5. The number of phenolic OH excluding ortho intramolecular Hbond substituents is 1. The highest BCUT2D eigenvalue weighted by atomic mass is 16.5. The number of phenols is 1. The summed E-state index contributed by atoms with van der Waals surface area (Å²) in [7, 11) is 1.55. The average molecular weight is 294 g/mol. The highest BCUT2D eigenvalue weighted by Gasteiger charge is 2.22. The highest BCUT2D eigenvalue weighted by molar-refractivity contribution is 5.81. The fourth-order valence-electron chi connectivity index (χ4n) is 2.23. The molecule has 116 valence electrons. The molecule has 1 aromatic carbocycles. The number of amides is 1. The first-order valence-corrected chi connectivity index (χ1v) is 7.07. The summed E-state index contributed by atoms with van der Waals surface area (Å²) in [6.07, 6.45) is 0. The lowest BCUT2D eigenvalue weighted by molar-refractivity contribution is -0.137. The van der Waals surface area contributed by atoms with E-state index in [0.29, 0.717) is 38.6 Å². The molecular weight excluding hydrogens is 272 g/mol. The summed E-state index contributed by atoms with van der Waals surface area (Å²) in [6, 6.07) is 4.83. The number of hydrogen-bond donors (Lipinski definition) is 2. The van der Waals surface area contributed by atoms with Gasteiger partial charge in [0.25, 0.3) is 0 Å². The van der Waals surface area contributed by atoms with Crippen molar-refractivity contribution < 1.29 is 19.4 Å². The first-order valence-electron chi connectivity index (χ1n) is 7.07. The van der Waals surface area contributed by atoms with Crippen LogP contribution in [-0.2, 0) is 16.1 Å². The van der Waals surface area contributed by atoms with E-state index in [-0.39, 0.29) is 17.7 Å². The van der Waals surface area contributed by atoms with Gasteiger partial charge in [0.1, 0.15) is 11.5 Å². The van der Waals surface area contributed by atoms with E-state index in [1.165, 1.54) is 0 Å². The molecule has 1 aliphatic rings. The quantitative estimate of drug-likeness (QED) is 0.838. The predicted molar refractivity (Wildman–Crippen MR) is 78.4 cm³/mol. The Balaban J connectivity index is 1.88. The predicted octanol–water partition coefficient (Wildman–Crippen LogP) is 0.738. The second kappa shape index (κ2) is 7.28. The van der Waals surface area contributed by atoms with Crippen LogP contribution in [0.5, 0.6) is 11.5 Å². The number of ether oxygens (including phenoxy) is 2. The fourth-order valence-corrected chi connectivity index (χ4v) is 2.23. The third kappa shape index (κ3) is 4.09. The number of aromatic hydroxyl groups is 1. The van der Waals surface area contributed by atoms with Gasteiger partial charge in [-0.15, -0.1) is 0 Å². The Hall–Kier alpha value is -1.79. The molecule has 1 atom stereocenters. The molecule has 2 N–H and O–H groups in total. The summed E-state index contributed by atoms with van der Waals surface area (Å²) in [4.78, 5) is 14.0. The van der Waals surface area contributed by atoms with Crippen LogP contribution in [0.4, 0.5) is 0 Å². The lowest BCUT2D eigenvalue weighted by Crippen LogP contribution is -2.49. The molecule has 2 rings (SSSR count). The second-order valence-electron chi connectivity index (χ2n) is 5.03. The number of carbonyl (C=O) groups excluding carboxylic acids is 1. The first-order chi connectivity index (χ1) is 10.1. The van der Waals surface area contributed by atoms with Gasteiger partial charge in [0.15, 0.2) is 0 Å². The van der Waals surface area contributed by atoms with Crippen LogP contribution in [0.25, 0.3) is 0 Å². The van der Waals surface area contributed by atoms with Gasteiger partial charge in [0.05, 0.1) is 26.4 Å². The van der Waals surface area contributed by atoms with E-state index in [9.17, 15) is 9.90 Å². The molecule has 6 heteroatoms. The zero-order chi connectivity index (χ0) is 15.2. The molecule has 0 spiro atoms. The average Bonchev–Trinajstić information content (AvgIpc) is 2.53. The van der Waals surface area contributed by atoms with E-state index in [4.69, 9.17) is 9.47 Å². The zero-order valence-electron chi connectivity index (χ0n) is 12.5. The minimum absolute atomic E-state index is 0.0614. The summed E-state index contributed by atoms with van der Waals surface area (Å²) in [5.74, 6) is 0.827. The maximum Gasteiger partial charge on any atom is 0.239 e. The smallest absolute Gasteiger partial charge is 0.239 e. The Labute approximate surface area is 124 Å². The number of nitrogens with zero attached hydrogens (tertiary/aromatic N) is 1. The number of nitrogens with one attached hydrogen (secondary N) is 1. The van der Waals surface area contributed by atoms with E-state index >= 15 is 0 Å². The van der Waals surface area contributed by atoms with Crippen molar-refractivity contribution in [2.75, 3.05) is 33.4 Å². The largest absolute Gasteiger partial charge is 0.507 e. The molecule has 0 radical (unpaired) electrons. The van der Waals surface area contributed by atoms with Crippen LogP contribution in [0.15, 0.2) is 18.2 Å². The molecule has 1 heterocycles. The monoisotopic (exact) mass is 294 g/mol. The molecule has 0 saturated carbocycles. The van der Waals surface area contributed by atoms with Gasteiger partial charge < -0.3 is 24.8 Å². The summed E-state index contributed by atoms with van der Waals surface area (Å²) in [5, 5.41) is 13.0. The highest BCUT2D eigenvalue weighted by Crippen LogP contribution is 2.23. The van der Waals surface area contributed by atoms with Gasteiger partial charge in [-0.3, -0.25) is 4.79 Å². The van der Waals surface area contributed by atoms with Crippen molar-refractivity contribution in [2.45, 2.75) is 19.5 Å². The van der Waals surface area contributed by atoms with Crippen molar-refractivity contribution in [3.05, 3.63) is 23.8 Å². The van der Waals surface area contributed by atoms with Crippen LogP contribution in [0, 0.1) is 0 Å². The van der Waals surface area contributed by atoms with Crippen LogP contribution in [0.3, 0.4) is 0 Å². The maximum atomic E-state index is 12.2. The van der Waals surface area contributed by atoms with E-state index in [2.05, 4.69) is 5.32 Å². The molecule has 1 fully saturated rings. The lowest BCUT2D eigenvalue weighted by atomic mass is 10.1.